The molecule has 1 aliphatic carbocycles. The summed E-state index contributed by atoms with van der Waals surface area (Å²) >= 11 is 0. The van der Waals surface area contributed by atoms with E-state index in [0.29, 0.717) is 18.2 Å². The van der Waals surface area contributed by atoms with Crippen LogP contribution in [0.3, 0.4) is 0 Å². The van der Waals surface area contributed by atoms with Gasteiger partial charge < -0.3 is 5.11 Å². The van der Waals surface area contributed by atoms with Crippen LogP contribution >= 0.6 is 0 Å². The van der Waals surface area contributed by atoms with Crippen molar-refractivity contribution in [2.75, 3.05) is 7.05 Å². The van der Waals surface area contributed by atoms with Gasteiger partial charge in [-0.15, -0.1) is 0 Å². The summed E-state index contributed by atoms with van der Waals surface area (Å²) in [4.78, 5) is 13.4. The molecule has 0 aliphatic heterocycles. The first-order valence-electron chi connectivity index (χ1n) is 7.73. The first kappa shape index (κ1) is 16.0. The van der Waals surface area contributed by atoms with E-state index in [-0.39, 0.29) is 11.4 Å². The highest BCUT2D eigenvalue weighted by molar-refractivity contribution is 5.89. The van der Waals surface area contributed by atoms with Gasteiger partial charge in [0.1, 0.15) is 5.82 Å². The number of halogens is 1. The summed E-state index contributed by atoms with van der Waals surface area (Å²) in [5.74, 6) is -0.537. The minimum atomic E-state index is -0.993. The summed E-state index contributed by atoms with van der Waals surface area (Å²) < 4.78 is 13.4. The molecular weight excluding hydrogens is 269 g/mol. The standard InChI is InChI=1S/C17H24FNO2/c1-3-12-4-7-15(8-5-12)19(2)11-13-10-14(18)6-9-16(13)17(20)21/h6,9-10,12,15H,3-5,7-8,11H2,1-2H3,(H,20,21). The summed E-state index contributed by atoms with van der Waals surface area (Å²) in [6.45, 7) is 2.72. The third-order valence-corrected chi connectivity index (χ3v) is 4.73. The Morgan fingerprint density at radius 1 is 1.33 bits per heavy atom. The fraction of sp³-hybridized carbons (Fsp3) is 0.588. The molecule has 0 bridgehead atoms. The van der Waals surface area contributed by atoms with Gasteiger partial charge in [0.2, 0.25) is 0 Å². The highest BCUT2D eigenvalue weighted by Crippen LogP contribution is 2.29. The number of benzene rings is 1. The molecule has 1 aromatic rings. The monoisotopic (exact) mass is 293 g/mol. The maximum absolute atomic E-state index is 13.4. The highest BCUT2D eigenvalue weighted by atomic mass is 19.1. The Labute approximate surface area is 125 Å². The summed E-state index contributed by atoms with van der Waals surface area (Å²) in [6, 6.07) is 4.38. The highest BCUT2D eigenvalue weighted by Gasteiger charge is 2.24. The Morgan fingerprint density at radius 3 is 2.57 bits per heavy atom. The molecule has 2 rings (SSSR count). The maximum Gasteiger partial charge on any atom is 0.336 e. The van der Waals surface area contributed by atoms with Gasteiger partial charge in [-0.2, -0.15) is 0 Å². The van der Waals surface area contributed by atoms with E-state index >= 15 is 0 Å². The van der Waals surface area contributed by atoms with E-state index in [0.717, 1.165) is 18.8 Å². The van der Waals surface area contributed by atoms with Crippen molar-refractivity contribution in [1.29, 1.82) is 0 Å². The third kappa shape index (κ3) is 4.03. The Balaban J connectivity index is 2.04. The quantitative estimate of drug-likeness (QED) is 0.894. The number of nitrogens with zero attached hydrogens (tertiary/aromatic N) is 1. The van der Waals surface area contributed by atoms with Gasteiger partial charge in [0, 0.05) is 12.6 Å². The average molecular weight is 293 g/mol. The first-order chi connectivity index (χ1) is 10.0. The van der Waals surface area contributed by atoms with Crippen LogP contribution in [0.4, 0.5) is 4.39 Å². The molecule has 0 aromatic heterocycles. The van der Waals surface area contributed by atoms with Crippen LogP contribution in [0.2, 0.25) is 0 Å². The summed E-state index contributed by atoms with van der Waals surface area (Å²) in [6.07, 6.45) is 6.00. The van der Waals surface area contributed by atoms with Crippen LogP contribution in [0.1, 0.15) is 54.9 Å². The molecule has 116 valence electrons. The number of aromatic carboxylic acids is 1. The van der Waals surface area contributed by atoms with Crippen molar-refractivity contribution in [3.63, 3.8) is 0 Å². The van der Waals surface area contributed by atoms with Gasteiger partial charge >= 0.3 is 5.97 Å². The van der Waals surface area contributed by atoms with E-state index in [4.69, 9.17) is 0 Å². The number of rotatable bonds is 5. The second kappa shape index (κ2) is 7.03. The minimum Gasteiger partial charge on any atom is -0.478 e. The fourth-order valence-electron chi connectivity index (χ4n) is 3.29. The van der Waals surface area contributed by atoms with Gasteiger partial charge in [0.05, 0.1) is 5.56 Å². The summed E-state index contributed by atoms with van der Waals surface area (Å²) in [5, 5.41) is 9.21. The molecule has 0 saturated heterocycles. The van der Waals surface area contributed by atoms with Gasteiger partial charge in [-0.05, 0) is 62.4 Å². The molecule has 0 radical (unpaired) electrons. The molecule has 1 fully saturated rings. The van der Waals surface area contributed by atoms with Crippen LogP contribution in [-0.4, -0.2) is 29.1 Å². The second-order valence-electron chi connectivity index (χ2n) is 6.10. The summed E-state index contributed by atoms with van der Waals surface area (Å²) in [5.41, 5.74) is 0.758. The minimum absolute atomic E-state index is 0.200. The van der Waals surface area contributed by atoms with Crippen molar-refractivity contribution < 1.29 is 14.3 Å². The lowest BCUT2D eigenvalue weighted by Crippen LogP contribution is -2.35. The normalized spacial score (nSPS) is 22.5. The zero-order valence-corrected chi connectivity index (χ0v) is 12.8. The van der Waals surface area contributed by atoms with Crippen LogP contribution in [0, 0.1) is 11.7 Å². The van der Waals surface area contributed by atoms with Crippen LogP contribution in [0.15, 0.2) is 18.2 Å². The molecule has 1 saturated carbocycles. The molecule has 4 heteroatoms. The van der Waals surface area contributed by atoms with E-state index in [1.807, 2.05) is 7.05 Å². The molecule has 1 aliphatic rings. The number of carboxylic acids is 1. The molecule has 0 heterocycles. The molecule has 0 atom stereocenters. The predicted octanol–water partition coefficient (Wildman–Crippen LogP) is 3.92. The molecule has 3 nitrogen and oxygen atoms in total. The SMILES string of the molecule is CCC1CCC(N(C)Cc2cc(F)ccc2C(=O)O)CC1. The van der Waals surface area contributed by atoms with Crippen LogP contribution in [0.5, 0.6) is 0 Å². The number of carbonyl (C=O) groups is 1. The number of hydrogen-bond acceptors (Lipinski definition) is 2. The van der Waals surface area contributed by atoms with Crippen molar-refractivity contribution in [3.05, 3.63) is 35.1 Å². The Hall–Kier alpha value is -1.42. The van der Waals surface area contributed by atoms with Gasteiger partial charge in [-0.3, -0.25) is 4.90 Å². The second-order valence-corrected chi connectivity index (χ2v) is 6.10. The largest absolute Gasteiger partial charge is 0.478 e. The van der Waals surface area contributed by atoms with E-state index in [1.165, 1.54) is 37.5 Å². The van der Waals surface area contributed by atoms with E-state index in [2.05, 4.69) is 11.8 Å². The van der Waals surface area contributed by atoms with Crippen molar-refractivity contribution in [3.8, 4) is 0 Å². The van der Waals surface area contributed by atoms with E-state index in [9.17, 15) is 14.3 Å². The third-order valence-electron chi connectivity index (χ3n) is 4.73. The van der Waals surface area contributed by atoms with Gasteiger partial charge in [-0.25, -0.2) is 9.18 Å². The van der Waals surface area contributed by atoms with Crippen molar-refractivity contribution >= 4 is 5.97 Å². The smallest absolute Gasteiger partial charge is 0.336 e. The first-order valence-corrected chi connectivity index (χ1v) is 7.73. The van der Waals surface area contributed by atoms with Gasteiger partial charge in [0.25, 0.3) is 0 Å². The lowest BCUT2D eigenvalue weighted by atomic mass is 9.84. The van der Waals surface area contributed by atoms with Crippen LogP contribution in [-0.2, 0) is 6.54 Å². The molecular formula is C17H24FNO2. The van der Waals surface area contributed by atoms with Crippen molar-refractivity contribution in [2.24, 2.45) is 5.92 Å². The van der Waals surface area contributed by atoms with E-state index < -0.39 is 5.97 Å². The van der Waals surface area contributed by atoms with Crippen molar-refractivity contribution in [2.45, 2.75) is 51.6 Å². The number of carboxylic acid groups (broad SMARTS) is 1. The lowest BCUT2D eigenvalue weighted by Gasteiger charge is -2.34. The summed E-state index contributed by atoms with van der Waals surface area (Å²) in [7, 11) is 2.01. The Kier molecular flexibility index (Phi) is 5.34. The fourth-order valence-corrected chi connectivity index (χ4v) is 3.29. The van der Waals surface area contributed by atoms with Crippen LogP contribution in [0.25, 0.3) is 0 Å². The van der Waals surface area contributed by atoms with Crippen molar-refractivity contribution in [1.82, 2.24) is 4.90 Å². The lowest BCUT2D eigenvalue weighted by molar-refractivity contribution is 0.0693. The zero-order valence-electron chi connectivity index (χ0n) is 12.8. The topological polar surface area (TPSA) is 40.5 Å². The molecule has 0 amide bonds. The molecule has 0 spiro atoms. The Bertz CT molecular complexity index is 496. The predicted molar refractivity (Wildman–Crippen MR) is 80.9 cm³/mol. The maximum atomic E-state index is 13.4. The average Bonchev–Trinajstić information content (AvgIpc) is 2.47. The van der Waals surface area contributed by atoms with Gasteiger partial charge in [-0.1, -0.05) is 13.3 Å². The molecule has 21 heavy (non-hydrogen) atoms. The molecule has 1 aromatic carbocycles. The van der Waals surface area contributed by atoms with E-state index in [1.54, 1.807) is 0 Å². The molecule has 1 N–H and O–H groups in total. The van der Waals surface area contributed by atoms with Crippen LogP contribution < -0.4 is 0 Å². The number of hydrogen-bond donors (Lipinski definition) is 1. The Morgan fingerprint density at radius 2 is 2.00 bits per heavy atom. The molecule has 0 unspecified atom stereocenters. The zero-order chi connectivity index (χ0) is 15.4. The van der Waals surface area contributed by atoms with Gasteiger partial charge in [0.15, 0.2) is 0 Å².